The van der Waals surface area contributed by atoms with Crippen LogP contribution in [0.3, 0.4) is 0 Å². The van der Waals surface area contributed by atoms with Gasteiger partial charge in [0.1, 0.15) is 6.04 Å². The first-order valence-electron chi connectivity index (χ1n) is 10.1. The minimum absolute atomic E-state index is 0.126. The SMILES string of the molecule is CC(C)CNC(=O)C(C)N(Cc1c(Cl)cccc1Cl)C(=O)CSCc1c(Cl)cccc1Cl. The number of amides is 2. The van der Waals surface area contributed by atoms with Crippen molar-refractivity contribution in [1.29, 1.82) is 0 Å². The summed E-state index contributed by atoms with van der Waals surface area (Å²) in [4.78, 5) is 27.4. The van der Waals surface area contributed by atoms with Crippen molar-refractivity contribution >= 4 is 70.0 Å². The Morgan fingerprint density at radius 1 is 0.906 bits per heavy atom. The quantitative estimate of drug-likeness (QED) is 0.367. The molecule has 4 nitrogen and oxygen atoms in total. The van der Waals surface area contributed by atoms with Gasteiger partial charge < -0.3 is 10.2 Å². The lowest BCUT2D eigenvalue weighted by Gasteiger charge is -2.29. The van der Waals surface area contributed by atoms with Crippen LogP contribution in [0.15, 0.2) is 36.4 Å². The van der Waals surface area contributed by atoms with Crippen LogP contribution in [-0.2, 0) is 21.9 Å². The molecule has 1 N–H and O–H groups in total. The topological polar surface area (TPSA) is 49.4 Å². The van der Waals surface area contributed by atoms with E-state index in [0.29, 0.717) is 43.9 Å². The number of halogens is 4. The highest BCUT2D eigenvalue weighted by Crippen LogP contribution is 2.29. The van der Waals surface area contributed by atoms with E-state index in [2.05, 4.69) is 5.32 Å². The standard InChI is InChI=1S/C23H26Cl4N2O2S/c1-14(2)10-28-23(31)15(3)29(11-16-18(24)6-4-7-19(16)25)22(30)13-32-12-17-20(26)8-5-9-21(17)27/h4-9,14-15H,10-13H2,1-3H3,(H,28,31). The van der Waals surface area contributed by atoms with E-state index in [0.717, 1.165) is 5.56 Å². The molecule has 0 aliphatic carbocycles. The molecule has 0 aliphatic heterocycles. The monoisotopic (exact) mass is 534 g/mol. The number of nitrogens with zero attached hydrogens (tertiary/aromatic N) is 1. The molecular formula is C23H26Cl4N2O2S. The fourth-order valence-electron chi connectivity index (χ4n) is 2.88. The molecule has 0 radical (unpaired) electrons. The average molecular weight is 536 g/mol. The smallest absolute Gasteiger partial charge is 0.242 e. The number of hydrogen-bond donors (Lipinski definition) is 1. The van der Waals surface area contributed by atoms with Crippen molar-refractivity contribution in [2.75, 3.05) is 12.3 Å². The van der Waals surface area contributed by atoms with Gasteiger partial charge in [0.05, 0.1) is 5.75 Å². The third-order valence-corrected chi connectivity index (χ3v) is 7.14. The van der Waals surface area contributed by atoms with Gasteiger partial charge in [0, 0.05) is 44.5 Å². The van der Waals surface area contributed by atoms with E-state index in [1.54, 1.807) is 43.3 Å². The molecule has 2 aromatic carbocycles. The first-order valence-corrected chi connectivity index (χ1v) is 12.8. The summed E-state index contributed by atoms with van der Waals surface area (Å²) in [5, 5.41) is 4.89. The van der Waals surface area contributed by atoms with Crippen molar-refractivity contribution in [3.63, 3.8) is 0 Å². The zero-order chi connectivity index (χ0) is 23.8. The highest BCUT2D eigenvalue weighted by Gasteiger charge is 2.27. The lowest BCUT2D eigenvalue weighted by Crippen LogP contribution is -2.48. The van der Waals surface area contributed by atoms with Gasteiger partial charge in [-0.05, 0) is 42.7 Å². The van der Waals surface area contributed by atoms with Gasteiger partial charge in [0.15, 0.2) is 0 Å². The molecule has 0 spiro atoms. The number of carbonyl (C=O) groups excluding carboxylic acids is 2. The van der Waals surface area contributed by atoms with E-state index in [-0.39, 0.29) is 24.1 Å². The van der Waals surface area contributed by atoms with Crippen LogP contribution in [0.25, 0.3) is 0 Å². The van der Waals surface area contributed by atoms with E-state index in [4.69, 9.17) is 46.4 Å². The van der Waals surface area contributed by atoms with Crippen LogP contribution in [0.2, 0.25) is 20.1 Å². The van der Waals surface area contributed by atoms with Gasteiger partial charge >= 0.3 is 0 Å². The molecule has 0 saturated heterocycles. The van der Waals surface area contributed by atoms with Crippen molar-refractivity contribution in [3.8, 4) is 0 Å². The first kappa shape index (κ1) is 27.1. The molecular weight excluding hydrogens is 510 g/mol. The van der Waals surface area contributed by atoms with E-state index in [9.17, 15) is 9.59 Å². The van der Waals surface area contributed by atoms with E-state index >= 15 is 0 Å². The zero-order valence-corrected chi connectivity index (χ0v) is 22.0. The molecule has 0 aromatic heterocycles. The number of nitrogens with one attached hydrogen (secondary N) is 1. The average Bonchev–Trinajstić information content (AvgIpc) is 2.73. The third-order valence-electron chi connectivity index (χ3n) is 4.78. The van der Waals surface area contributed by atoms with Crippen molar-refractivity contribution in [3.05, 3.63) is 67.6 Å². The van der Waals surface area contributed by atoms with E-state index in [1.165, 1.54) is 16.7 Å². The predicted molar refractivity (Wildman–Crippen MR) is 137 cm³/mol. The maximum atomic E-state index is 13.2. The van der Waals surface area contributed by atoms with E-state index < -0.39 is 6.04 Å². The number of rotatable bonds is 10. The maximum Gasteiger partial charge on any atom is 0.242 e. The Morgan fingerprint density at radius 2 is 1.41 bits per heavy atom. The van der Waals surface area contributed by atoms with Crippen LogP contribution in [0.4, 0.5) is 0 Å². The van der Waals surface area contributed by atoms with Crippen LogP contribution >= 0.6 is 58.2 Å². The zero-order valence-electron chi connectivity index (χ0n) is 18.1. The highest BCUT2D eigenvalue weighted by molar-refractivity contribution is 7.99. The van der Waals surface area contributed by atoms with Gasteiger partial charge in [-0.15, -0.1) is 11.8 Å². The lowest BCUT2D eigenvalue weighted by molar-refractivity contribution is -0.138. The Hall–Kier alpha value is -1.11. The van der Waals surface area contributed by atoms with Crippen molar-refractivity contribution in [2.45, 2.75) is 39.1 Å². The summed E-state index contributed by atoms with van der Waals surface area (Å²) in [6, 6.07) is 9.76. The lowest BCUT2D eigenvalue weighted by atomic mass is 10.1. The Bertz CT molecular complexity index is 915. The van der Waals surface area contributed by atoms with Crippen molar-refractivity contribution in [2.24, 2.45) is 5.92 Å². The van der Waals surface area contributed by atoms with Gasteiger partial charge in [0.2, 0.25) is 11.8 Å². The molecule has 9 heteroatoms. The number of thioether (sulfide) groups is 1. The molecule has 2 aromatic rings. The summed E-state index contributed by atoms with van der Waals surface area (Å²) in [7, 11) is 0. The Morgan fingerprint density at radius 3 is 1.91 bits per heavy atom. The third kappa shape index (κ3) is 7.74. The van der Waals surface area contributed by atoms with Crippen LogP contribution < -0.4 is 5.32 Å². The van der Waals surface area contributed by atoms with Crippen LogP contribution in [-0.4, -0.2) is 35.1 Å². The maximum absolute atomic E-state index is 13.2. The fraction of sp³-hybridized carbons (Fsp3) is 0.391. The summed E-state index contributed by atoms with van der Waals surface area (Å²) in [6.45, 7) is 6.37. The van der Waals surface area contributed by atoms with Gasteiger partial charge in [-0.3, -0.25) is 9.59 Å². The van der Waals surface area contributed by atoms with Crippen molar-refractivity contribution < 1.29 is 9.59 Å². The van der Waals surface area contributed by atoms with Crippen LogP contribution in [0.1, 0.15) is 31.9 Å². The normalized spacial score (nSPS) is 12.0. The van der Waals surface area contributed by atoms with Crippen LogP contribution in [0, 0.1) is 5.92 Å². The van der Waals surface area contributed by atoms with Crippen molar-refractivity contribution in [1.82, 2.24) is 10.2 Å². The minimum atomic E-state index is -0.696. The molecule has 174 valence electrons. The van der Waals surface area contributed by atoms with E-state index in [1.807, 2.05) is 13.8 Å². The Labute approximate surface area is 213 Å². The molecule has 0 bridgehead atoms. The summed E-state index contributed by atoms with van der Waals surface area (Å²) in [5.41, 5.74) is 1.38. The molecule has 1 unspecified atom stereocenters. The summed E-state index contributed by atoms with van der Waals surface area (Å²) in [5.74, 6) is 0.476. The summed E-state index contributed by atoms with van der Waals surface area (Å²) < 4.78 is 0. The number of hydrogen-bond acceptors (Lipinski definition) is 3. The molecule has 0 saturated carbocycles. The Balaban J connectivity index is 2.17. The molecule has 32 heavy (non-hydrogen) atoms. The summed E-state index contributed by atoms with van der Waals surface area (Å²) in [6.07, 6.45) is 0. The van der Waals surface area contributed by atoms with Gasteiger partial charge in [0.25, 0.3) is 0 Å². The molecule has 0 aliphatic rings. The minimum Gasteiger partial charge on any atom is -0.354 e. The predicted octanol–water partition coefficient (Wildman–Crippen LogP) is 6.72. The van der Waals surface area contributed by atoms with Gasteiger partial charge in [-0.1, -0.05) is 72.4 Å². The van der Waals surface area contributed by atoms with Gasteiger partial charge in [-0.25, -0.2) is 0 Å². The molecule has 0 fully saturated rings. The summed E-state index contributed by atoms with van der Waals surface area (Å²) >= 11 is 26.5. The molecule has 2 rings (SSSR count). The molecule has 1 atom stereocenters. The molecule has 0 heterocycles. The number of benzene rings is 2. The largest absolute Gasteiger partial charge is 0.354 e. The second-order valence-corrected chi connectivity index (χ2v) is 10.3. The second kappa shape index (κ2) is 13.0. The number of carbonyl (C=O) groups is 2. The Kier molecular flexibility index (Phi) is 11.0. The van der Waals surface area contributed by atoms with Crippen LogP contribution in [0.5, 0.6) is 0 Å². The van der Waals surface area contributed by atoms with Gasteiger partial charge in [-0.2, -0.15) is 0 Å². The molecule has 2 amide bonds. The highest BCUT2D eigenvalue weighted by atomic mass is 35.5. The second-order valence-electron chi connectivity index (χ2n) is 7.73. The fourth-order valence-corrected chi connectivity index (χ4v) is 5.05. The first-order chi connectivity index (χ1) is 15.1.